The first-order valence-corrected chi connectivity index (χ1v) is 10.1. The molecule has 4 rings (SSSR count). The number of benzene rings is 3. The minimum Gasteiger partial charge on any atom is -0.449 e. The molecule has 0 unspecified atom stereocenters. The Kier molecular flexibility index (Phi) is 6.16. The minimum atomic E-state index is -1.26. The van der Waals surface area contributed by atoms with Gasteiger partial charge in [0.25, 0.3) is 5.69 Å². The number of hydrogen-bond acceptors (Lipinski definition) is 6. The molecule has 0 aromatic heterocycles. The highest BCUT2D eigenvalue weighted by Crippen LogP contribution is 2.44. The normalized spacial score (nSPS) is 14.2. The Morgan fingerprint density at radius 3 is 2.09 bits per heavy atom. The van der Waals surface area contributed by atoms with Gasteiger partial charge in [-0.25, -0.2) is 4.79 Å². The zero-order valence-corrected chi connectivity index (χ0v) is 17.0. The predicted molar refractivity (Wildman–Crippen MR) is 117 cm³/mol. The molecule has 8 nitrogen and oxygen atoms in total. The van der Waals surface area contributed by atoms with Gasteiger partial charge in [0, 0.05) is 18.1 Å². The van der Waals surface area contributed by atoms with Crippen LogP contribution in [0.5, 0.6) is 0 Å². The topological polar surface area (TPSA) is 122 Å². The predicted octanol–water partition coefficient (Wildman–Crippen LogP) is 3.53. The monoisotopic (exact) mass is 434 g/mol. The van der Waals surface area contributed by atoms with Crippen molar-refractivity contribution in [2.24, 2.45) is 0 Å². The van der Waals surface area contributed by atoms with E-state index >= 15 is 0 Å². The van der Waals surface area contributed by atoms with Crippen LogP contribution in [0.2, 0.25) is 0 Å². The number of amides is 1. The molecule has 3 N–H and O–H groups in total. The van der Waals surface area contributed by atoms with Crippen molar-refractivity contribution in [3.05, 3.63) is 99.6 Å². The molecule has 8 heteroatoms. The largest absolute Gasteiger partial charge is 0.449 e. The van der Waals surface area contributed by atoms with E-state index in [0.29, 0.717) is 5.56 Å². The van der Waals surface area contributed by atoms with Crippen molar-refractivity contribution in [3.63, 3.8) is 0 Å². The van der Waals surface area contributed by atoms with Crippen molar-refractivity contribution in [1.82, 2.24) is 5.32 Å². The summed E-state index contributed by atoms with van der Waals surface area (Å²) in [6.07, 6.45) is -2.03. The maximum atomic E-state index is 12.4. The number of nitrogens with zero attached hydrogens (tertiary/aromatic N) is 1. The lowest BCUT2D eigenvalue weighted by molar-refractivity contribution is -0.384. The molecule has 3 aromatic carbocycles. The van der Waals surface area contributed by atoms with Crippen LogP contribution >= 0.6 is 0 Å². The van der Waals surface area contributed by atoms with Gasteiger partial charge < -0.3 is 20.3 Å². The molecule has 3 aromatic rings. The lowest BCUT2D eigenvalue weighted by Gasteiger charge is -2.23. The lowest BCUT2D eigenvalue weighted by Crippen LogP contribution is -2.42. The van der Waals surface area contributed by atoms with Gasteiger partial charge in [-0.3, -0.25) is 10.1 Å². The van der Waals surface area contributed by atoms with Gasteiger partial charge in [-0.2, -0.15) is 0 Å². The van der Waals surface area contributed by atoms with Gasteiger partial charge >= 0.3 is 6.09 Å². The number of fused-ring (bicyclic) bond motifs is 3. The lowest BCUT2D eigenvalue weighted by atomic mass is 9.98. The molecule has 1 aliphatic rings. The molecule has 0 spiro atoms. The molecule has 1 aliphatic carbocycles. The first kappa shape index (κ1) is 21.5. The van der Waals surface area contributed by atoms with Gasteiger partial charge in [0.2, 0.25) is 0 Å². The summed E-state index contributed by atoms with van der Waals surface area (Å²) in [5, 5.41) is 33.4. The number of ether oxygens (including phenoxy) is 1. The molecule has 0 bridgehead atoms. The van der Waals surface area contributed by atoms with Crippen LogP contribution in [-0.4, -0.2) is 40.5 Å². The third kappa shape index (κ3) is 4.18. The molecule has 0 fully saturated rings. The number of aliphatic hydroxyl groups excluding tert-OH is 2. The van der Waals surface area contributed by atoms with Crippen LogP contribution in [0.1, 0.15) is 28.7 Å². The van der Waals surface area contributed by atoms with Crippen molar-refractivity contribution in [3.8, 4) is 11.1 Å². The number of non-ortho nitro benzene ring substituents is 1. The molecule has 0 heterocycles. The van der Waals surface area contributed by atoms with Crippen LogP contribution in [0.25, 0.3) is 11.1 Å². The highest BCUT2D eigenvalue weighted by molar-refractivity contribution is 5.79. The van der Waals surface area contributed by atoms with Crippen molar-refractivity contribution in [2.45, 2.75) is 18.1 Å². The second kappa shape index (κ2) is 9.17. The third-order valence-electron chi connectivity index (χ3n) is 5.67. The fourth-order valence-electron chi connectivity index (χ4n) is 4.04. The van der Waals surface area contributed by atoms with E-state index < -0.39 is 29.8 Å². The second-order valence-corrected chi connectivity index (χ2v) is 7.55. The summed E-state index contributed by atoms with van der Waals surface area (Å²) in [7, 11) is 0. The van der Waals surface area contributed by atoms with Crippen LogP contribution in [0.3, 0.4) is 0 Å². The van der Waals surface area contributed by atoms with Gasteiger partial charge in [-0.1, -0.05) is 48.5 Å². The number of rotatable bonds is 7. The van der Waals surface area contributed by atoms with E-state index in [1.54, 1.807) is 0 Å². The molecule has 1 amide bonds. The van der Waals surface area contributed by atoms with E-state index in [2.05, 4.69) is 5.32 Å². The number of carbonyl (C=O) groups excluding carboxylic acids is 1. The van der Waals surface area contributed by atoms with E-state index in [1.807, 2.05) is 48.5 Å². The quantitative estimate of drug-likeness (QED) is 0.386. The zero-order valence-electron chi connectivity index (χ0n) is 17.0. The summed E-state index contributed by atoms with van der Waals surface area (Å²) < 4.78 is 5.45. The number of nitrogens with one attached hydrogen (secondary N) is 1. The number of aliphatic hydroxyl groups is 2. The van der Waals surface area contributed by atoms with Gasteiger partial charge in [0.05, 0.1) is 17.6 Å². The molecule has 0 saturated carbocycles. The number of nitro benzene ring substituents is 1. The molecule has 0 saturated heterocycles. The number of carbonyl (C=O) groups is 1. The number of alkyl carbamates (subject to hydrolysis) is 1. The second-order valence-electron chi connectivity index (χ2n) is 7.55. The fourth-order valence-corrected chi connectivity index (χ4v) is 4.04. The SMILES string of the molecule is O=C(N[C@@H](CO)[C@@H](O)c1ccc([N+](=O)[O-])cc1)OCC1c2ccccc2-c2ccccc21. The van der Waals surface area contributed by atoms with Crippen molar-refractivity contribution in [1.29, 1.82) is 0 Å². The maximum Gasteiger partial charge on any atom is 0.407 e. The van der Waals surface area contributed by atoms with Gasteiger partial charge in [-0.15, -0.1) is 0 Å². The Balaban J connectivity index is 1.41. The maximum absolute atomic E-state index is 12.4. The van der Waals surface area contributed by atoms with E-state index in [1.165, 1.54) is 24.3 Å². The summed E-state index contributed by atoms with van der Waals surface area (Å²) in [5.74, 6) is -0.111. The molecule has 32 heavy (non-hydrogen) atoms. The smallest absolute Gasteiger partial charge is 0.407 e. The van der Waals surface area contributed by atoms with Gasteiger partial charge in [-0.05, 0) is 39.9 Å². The Labute approximate surface area is 184 Å². The van der Waals surface area contributed by atoms with Crippen molar-refractivity contribution >= 4 is 11.8 Å². The van der Waals surface area contributed by atoms with Crippen LogP contribution in [0.15, 0.2) is 72.8 Å². The van der Waals surface area contributed by atoms with Crippen LogP contribution in [-0.2, 0) is 4.74 Å². The van der Waals surface area contributed by atoms with Gasteiger partial charge in [0.15, 0.2) is 0 Å². The molecule has 164 valence electrons. The van der Waals surface area contributed by atoms with Crippen molar-refractivity contribution < 1.29 is 24.7 Å². The average molecular weight is 434 g/mol. The number of hydrogen-bond donors (Lipinski definition) is 3. The Hall–Kier alpha value is -3.75. The summed E-state index contributed by atoms with van der Waals surface area (Å²) in [6.45, 7) is -0.437. The summed E-state index contributed by atoms with van der Waals surface area (Å²) in [5.41, 5.74) is 4.58. The average Bonchev–Trinajstić information content (AvgIpc) is 3.14. The minimum absolute atomic E-state index is 0.103. The Morgan fingerprint density at radius 2 is 1.56 bits per heavy atom. The van der Waals surface area contributed by atoms with Crippen LogP contribution in [0.4, 0.5) is 10.5 Å². The highest BCUT2D eigenvalue weighted by Gasteiger charge is 2.30. The van der Waals surface area contributed by atoms with E-state index in [9.17, 15) is 25.1 Å². The van der Waals surface area contributed by atoms with E-state index in [-0.39, 0.29) is 18.2 Å². The van der Waals surface area contributed by atoms with Gasteiger partial charge in [0.1, 0.15) is 12.7 Å². The fraction of sp³-hybridized carbons (Fsp3) is 0.208. The van der Waals surface area contributed by atoms with Crippen LogP contribution < -0.4 is 5.32 Å². The third-order valence-corrected chi connectivity index (χ3v) is 5.67. The van der Waals surface area contributed by atoms with Crippen LogP contribution in [0, 0.1) is 10.1 Å². The Bertz CT molecular complexity index is 1090. The highest BCUT2D eigenvalue weighted by atomic mass is 16.6. The summed E-state index contributed by atoms with van der Waals surface area (Å²) in [4.78, 5) is 22.7. The van der Waals surface area contributed by atoms with Crippen molar-refractivity contribution in [2.75, 3.05) is 13.2 Å². The number of nitro groups is 1. The molecular formula is C24H22N2O6. The first-order chi connectivity index (χ1) is 15.5. The standard InChI is InChI=1S/C24H22N2O6/c27-13-22(23(28)15-9-11-16(12-10-15)26(30)31)25-24(29)32-14-21-19-7-3-1-5-17(19)18-6-2-4-8-20(18)21/h1-12,21-23,27-28H,13-14H2,(H,25,29)/t22-,23-/m0/s1. The molecular weight excluding hydrogens is 412 g/mol. The molecule has 0 radical (unpaired) electrons. The first-order valence-electron chi connectivity index (χ1n) is 10.1. The molecule has 0 aliphatic heterocycles. The Morgan fingerprint density at radius 1 is 1.00 bits per heavy atom. The van der Waals surface area contributed by atoms with E-state index in [0.717, 1.165) is 22.3 Å². The zero-order chi connectivity index (χ0) is 22.7. The summed E-state index contributed by atoms with van der Waals surface area (Å²) in [6, 6.07) is 20.1. The molecule has 2 atom stereocenters. The summed E-state index contributed by atoms with van der Waals surface area (Å²) >= 11 is 0. The van der Waals surface area contributed by atoms with E-state index in [4.69, 9.17) is 4.74 Å².